The van der Waals surface area contributed by atoms with E-state index in [1.807, 2.05) is 45.0 Å². The predicted octanol–water partition coefficient (Wildman–Crippen LogP) is 3.88. The van der Waals surface area contributed by atoms with E-state index in [0.29, 0.717) is 37.4 Å². The van der Waals surface area contributed by atoms with Gasteiger partial charge in [0.2, 0.25) is 21.8 Å². The standard InChI is InChI=1S/C27H39N3O5S/c1-6-18-28-27(32)23(7-2)29(20-22-16-14-21(3)15-17-22)26(31)13-10-19-30(36(5,33)34)24-11-8-9-12-25(24)35-4/h8-9,11-12,14-17,23H,6-7,10,13,18-20H2,1-5H3,(H,28,32)/t23-/m0/s1. The molecule has 0 bridgehead atoms. The molecule has 0 heterocycles. The van der Waals surface area contributed by atoms with Gasteiger partial charge in [-0.15, -0.1) is 0 Å². The summed E-state index contributed by atoms with van der Waals surface area (Å²) >= 11 is 0. The minimum absolute atomic E-state index is 0.102. The Morgan fingerprint density at radius 1 is 1.06 bits per heavy atom. The summed E-state index contributed by atoms with van der Waals surface area (Å²) in [7, 11) is -2.12. The van der Waals surface area contributed by atoms with Crippen LogP contribution < -0.4 is 14.4 Å². The second kappa shape index (κ2) is 13.9. The Morgan fingerprint density at radius 2 is 1.72 bits per heavy atom. The number of carbonyl (C=O) groups is 2. The van der Waals surface area contributed by atoms with Gasteiger partial charge in [-0.25, -0.2) is 8.42 Å². The summed E-state index contributed by atoms with van der Waals surface area (Å²) in [6, 6.07) is 14.2. The molecule has 0 spiro atoms. The van der Waals surface area contributed by atoms with E-state index in [1.165, 1.54) is 11.4 Å². The van der Waals surface area contributed by atoms with Crippen molar-refractivity contribution in [2.45, 2.75) is 59.0 Å². The summed E-state index contributed by atoms with van der Waals surface area (Å²) in [5.74, 6) is 0.0723. The van der Waals surface area contributed by atoms with Gasteiger partial charge < -0.3 is 15.0 Å². The quantitative estimate of drug-likeness (QED) is 0.410. The Bertz CT molecular complexity index is 1100. The van der Waals surface area contributed by atoms with Gasteiger partial charge in [0.05, 0.1) is 19.1 Å². The van der Waals surface area contributed by atoms with Crippen molar-refractivity contribution in [1.82, 2.24) is 10.2 Å². The van der Waals surface area contributed by atoms with E-state index in [-0.39, 0.29) is 24.8 Å². The molecule has 0 fully saturated rings. The van der Waals surface area contributed by atoms with Crippen LogP contribution in [0.15, 0.2) is 48.5 Å². The molecule has 8 nitrogen and oxygen atoms in total. The molecule has 0 aliphatic heterocycles. The Balaban J connectivity index is 2.22. The zero-order chi connectivity index (χ0) is 26.7. The summed E-state index contributed by atoms with van der Waals surface area (Å²) in [5, 5.41) is 2.91. The Morgan fingerprint density at radius 3 is 2.31 bits per heavy atom. The highest BCUT2D eigenvalue weighted by Crippen LogP contribution is 2.29. The summed E-state index contributed by atoms with van der Waals surface area (Å²) < 4.78 is 31.7. The number of amides is 2. The van der Waals surface area contributed by atoms with Gasteiger partial charge in [-0.1, -0.05) is 55.8 Å². The smallest absolute Gasteiger partial charge is 0.242 e. The third-order valence-corrected chi connectivity index (χ3v) is 7.09. The van der Waals surface area contributed by atoms with Crippen LogP contribution in [0, 0.1) is 6.92 Å². The molecule has 1 atom stereocenters. The molecule has 198 valence electrons. The van der Waals surface area contributed by atoms with Crippen LogP contribution >= 0.6 is 0 Å². The Hall–Kier alpha value is -3.07. The molecule has 36 heavy (non-hydrogen) atoms. The lowest BCUT2D eigenvalue weighted by molar-refractivity contribution is -0.141. The van der Waals surface area contributed by atoms with Crippen molar-refractivity contribution in [3.63, 3.8) is 0 Å². The van der Waals surface area contributed by atoms with Gasteiger partial charge in [0, 0.05) is 26.1 Å². The molecule has 9 heteroatoms. The van der Waals surface area contributed by atoms with Gasteiger partial charge in [-0.2, -0.15) is 0 Å². The molecule has 0 unspecified atom stereocenters. The second-order valence-electron chi connectivity index (χ2n) is 8.83. The average Bonchev–Trinajstić information content (AvgIpc) is 2.85. The lowest BCUT2D eigenvalue weighted by Gasteiger charge is -2.31. The van der Waals surface area contributed by atoms with Crippen molar-refractivity contribution in [2.75, 3.05) is 30.8 Å². The fourth-order valence-electron chi connectivity index (χ4n) is 3.99. The van der Waals surface area contributed by atoms with Crippen LogP contribution in [0.25, 0.3) is 0 Å². The van der Waals surface area contributed by atoms with Gasteiger partial charge in [0.1, 0.15) is 11.8 Å². The number of nitrogens with zero attached hydrogens (tertiary/aromatic N) is 2. The van der Waals surface area contributed by atoms with E-state index in [9.17, 15) is 18.0 Å². The van der Waals surface area contributed by atoms with Crippen LogP contribution in [-0.4, -0.2) is 57.6 Å². The molecule has 0 aliphatic rings. The molecule has 0 radical (unpaired) electrons. The minimum atomic E-state index is -3.60. The van der Waals surface area contributed by atoms with Crippen LogP contribution in [0.2, 0.25) is 0 Å². The number of anilines is 1. The summed E-state index contributed by atoms with van der Waals surface area (Å²) in [5.41, 5.74) is 2.47. The lowest BCUT2D eigenvalue weighted by Crippen LogP contribution is -2.49. The topological polar surface area (TPSA) is 96.0 Å². The van der Waals surface area contributed by atoms with E-state index >= 15 is 0 Å². The second-order valence-corrected chi connectivity index (χ2v) is 10.7. The largest absolute Gasteiger partial charge is 0.495 e. The van der Waals surface area contributed by atoms with Crippen LogP contribution in [0.4, 0.5) is 5.69 Å². The first-order chi connectivity index (χ1) is 17.1. The van der Waals surface area contributed by atoms with Crippen LogP contribution in [0.3, 0.4) is 0 Å². The minimum Gasteiger partial charge on any atom is -0.495 e. The molecule has 2 rings (SSSR count). The SMILES string of the molecule is CCCNC(=O)[C@H](CC)N(Cc1ccc(C)cc1)C(=O)CCCN(c1ccccc1OC)S(C)(=O)=O. The van der Waals surface area contributed by atoms with Crippen molar-refractivity contribution in [3.05, 3.63) is 59.7 Å². The third-order valence-electron chi connectivity index (χ3n) is 5.91. The first kappa shape index (κ1) is 29.2. The monoisotopic (exact) mass is 517 g/mol. The molecule has 1 N–H and O–H groups in total. The number of methoxy groups -OCH3 is 1. The highest BCUT2D eigenvalue weighted by molar-refractivity contribution is 7.92. The summed E-state index contributed by atoms with van der Waals surface area (Å²) in [6.07, 6.45) is 2.81. The number of benzene rings is 2. The zero-order valence-electron chi connectivity index (χ0n) is 22.0. The fraction of sp³-hybridized carbons (Fsp3) is 0.481. The maximum absolute atomic E-state index is 13.4. The number of aryl methyl sites for hydroxylation is 1. The molecular formula is C27H39N3O5S. The average molecular weight is 518 g/mol. The number of hydrogen-bond donors (Lipinski definition) is 1. The van der Waals surface area contributed by atoms with Crippen molar-refractivity contribution < 1.29 is 22.7 Å². The number of hydrogen-bond acceptors (Lipinski definition) is 5. The number of sulfonamides is 1. The number of nitrogens with one attached hydrogen (secondary N) is 1. The molecule has 2 amide bonds. The van der Waals surface area contributed by atoms with Crippen LogP contribution in [-0.2, 0) is 26.2 Å². The normalized spacial score (nSPS) is 12.0. The summed E-state index contributed by atoms with van der Waals surface area (Å²) in [6.45, 7) is 6.82. The highest BCUT2D eigenvalue weighted by atomic mass is 32.2. The first-order valence-corrected chi connectivity index (χ1v) is 14.2. The molecule has 2 aromatic carbocycles. The van der Waals surface area contributed by atoms with E-state index in [1.54, 1.807) is 29.2 Å². The van der Waals surface area contributed by atoms with Gasteiger partial charge >= 0.3 is 0 Å². The summed E-state index contributed by atoms with van der Waals surface area (Å²) in [4.78, 5) is 27.9. The van der Waals surface area contributed by atoms with E-state index in [0.717, 1.165) is 23.8 Å². The zero-order valence-corrected chi connectivity index (χ0v) is 22.8. The van der Waals surface area contributed by atoms with E-state index < -0.39 is 16.1 Å². The number of carbonyl (C=O) groups excluding carboxylic acids is 2. The predicted molar refractivity (Wildman–Crippen MR) is 144 cm³/mol. The molecular weight excluding hydrogens is 478 g/mol. The number of ether oxygens (including phenoxy) is 1. The molecule has 0 aromatic heterocycles. The van der Waals surface area contributed by atoms with E-state index in [4.69, 9.17) is 4.74 Å². The van der Waals surface area contributed by atoms with Crippen LogP contribution in [0.5, 0.6) is 5.75 Å². The van der Waals surface area contributed by atoms with Crippen molar-refractivity contribution in [3.8, 4) is 5.75 Å². The van der Waals surface area contributed by atoms with Crippen LogP contribution in [0.1, 0.15) is 50.7 Å². The molecule has 2 aromatic rings. The van der Waals surface area contributed by atoms with Gasteiger partial charge in [0.15, 0.2) is 0 Å². The Labute approximate surface area is 215 Å². The maximum Gasteiger partial charge on any atom is 0.242 e. The lowest BCUT2D eigenvalue weighted by atomic mass is 10.1. The number of rotatable bonds is 14. The molecule has 0 aliphatic carbocycles. The molecule has 0 saturated heterocycles. The maximum atomic E-state index is 13.4. The van der Waals surface area contributed by atoms with Crippen molar-refractivity contribution in [2.24, 2.45) is 0 Å². The van der Waals surface area contributed by atoms with Gasteiger partial charge in [-0.05, 0) is 43.9 Å². The Kier molecular flexibility index (Phi) is 11.2. The highest BCUT2D eigenvalue weighted by Gasteiger charge is 2.29. The van der Waals surface area contributed by atoms with E-state index in [2.05, 4.69) is 5.32 Å². The van der Waals surface area contributed by atoms with Crippen molar-refractivity contribution >= 4 is 27.5 Å². The number of para-hydroxylation sites is 2. The third kappa shape index (κ3) is 8.26. The first-order valence-electron chi connectivity index (χ1n) is 12.4. The fourth-order valence-corrected chi connectivity index (χ4v) is 4.96. The van der Waals surface area contributed by atoms with Crippen molar-refractivity contribution in [1.29, 1.82) is 0 Å². The van der Waals surface area contributed by atoms with Gasteiger partial charge in [-0.3, -0.25) is 13.9 Å². The van der Waals surface area contributed by atoms with Gasteiger partial charge in [0.25, 0.3) is 0 Å². The molecule has 0 saturated carbocycles.